The number of amides is 1. The Morgan fingerprint density at radius 2 is 2.05 bits per heavy atom. The van der Waals surface area contributed by atoms with Crippen LogP contribution in [0.3, 0.4) is 0 Å². The highest BCUT2D eigenvalue weighted by Crippen LogP contribution is 2.33. The van der Waals surface area contributed by atoms with E-state index < -0.39 is 0 Å². The molecule has 3 rings (SSSR count). The molecule has 1 saturated carbocycles. The number of hydrogen-bond acceptors (Lipinski definition) is 3. The van der Waals surface area contributed by atoms with E-state index in [1.54, 1.807) is 0 Å². The number of para-hydroxylation sites is 1. The Morgan fingerprint density at radius 3 is 2.76 bits per heavy atom. The molecule has 0 radical (unpaired) electrons. The van der Waals surface area contributed by atoms with Crippen molar-refractivity contribution in [3.63, 3.8) is 0 Å². The largest absolute Gasteiger partial charge is 0.491 e. The summed E-state index contributed by atoms with van der Waals surface area (Å²) in [6, 6.07) is 10.0. The van der Waals surface area contributed by atoms with Gasteiger partial charge in [0.1, 0.15) is 12.4 Å². The zero-order valence-corrected chi connectivity index (χ0v) is 12.4. The third kappa shape index (κ3) is 3.76. The van der Waals surface area contributed by atoms with Crippen LogP contribution in [0, 0.1) is 5.92 Å². The van der Waals surface area contributed by atoms with Crippen molar-refractivity contribution < 1.29 is 9.53 Å². The Morgan fingerprint density at radius 1 is 1.29 bits per heavy atom. The van der Waals surface area contributed by atoms with Gasteiger partial charge in [0, 0.05) is 19.0 Å². The quantitative estimate of drug-likeness (QED) is 0.873. The van der Waals surface area contributed by atoms with Crippen LogP contribution in [0.25, 0.3) is 0 Å². The Hall–Kier alpha value is -1.55. The number of carbonyl (C=O) groups is 1. The molecule has 0 unspecified atom stereocenters. The van der Waals surface area contributed by atoms with Crippen molar-refractivity contribution in [3.05, 3.63) is 30.3 Å². The first-order chi connectivity index (χ1) is 10.2. The summed E-state index contributed by atoms with van der Waals surface area (Å²) in [4.78, 5) is 14.4. The van der Waals surface area contributed by atoms with Crippen LogP contribution in [0.1, 0.15) is 32.1 Å². The lowest BCUT2D eigenvalue weighted by atomic mass is 10.1. The fourth-order valence-electron chi connectivity index (χ4n) is 3.06. The number of hydrogen-bond donors (Lipinski definition) is 1. The van der Waals surface area contributed by atoms with Gasteiger partial charge in [0.15, 0.2) is 0 Å². The highest BCUT2D eigenvalue weighted by molar-refractivity contribution is 5.77. The third-order valence-electron chi connectivity index (χ3n) is 4.52. The van der Waals surface area contributed by atoms with Crippen molar-refractivity contribution in [1.82, 2.24) is 4.90 Å². The molecule has 1 aromatic carbocycles. The summed E-state index contributed by atoms with van der Waals surface area (Å²) in [6.45, 7) is 1.42. The van der Waals surface area contributed by atoms with Crippen LogP contribution in [0.4, 0.5) is 0 Å². The lowest BCUT2D eigenvalue weighted by Gasteiger charge is -2.26. The van der Waals surface area contributed by atoms with E-state index in [-0.39, 0.29) is 18.0 Å². The minimum absolute atomic E-state index is 0.0498. The molecule has 0 aromatic heterocycles. The molecule has 4 heteroatoms. The number of nitrogens with two attached hydrogens (primary N) is 1. The molecule has 1 heterocycles. The van der Waals surface area contributed by atoms with Gasteiger partial charge in [-0.1, -0.05) is 18.2 Å². The maximum atomic E-state index is 12.4. The number of carbonyl (C=O) groups excluding carboxylic acids is 1. The summed E-state index contributed by atoms with van der Waals surface area (Å²) >= 11 is 0. The molecule has 1 aliphatic heterocycles. The van der Waals surface area contributed by atoms with Crippen molar-refractivity contribution in [2.45, 2.75) is 44.2 Å². The van der Waals surface area contributed by atoms with Crippen molar-refractivity contribution in [2.75, 3.05) is 13.2 Å². The molecule has 2 aliphatic rings. The van der Waals surface area contributed by atoms with E-state index >= 15 is 0 Å². The zero-order chi connectivity index (χ0) is 14.7. The maximum absolute atomic E-state index is 12.4. The summed E-state index contributed by atoms with van der Waals surface area (Å²) < 4.78 is 5.81. The van der Waals surface area contributed by atoms with Gasteiger partial charge in [-0.3, -0.25) is 4.79 Å². The van der Waals surface area contributed by atoms with Gasteiger partial charge in [-0.2, -0.15) is 0 Å². The minimum atomic E-state index is 0.0498. The Kier molecular flexibility index (Phi) is 4.44. The number of nitrogens with zero attached hydrogens (tertiary/aromatic N) is 1. The topological polar surface area (TPSA) is 55.6 Å². The number of benzene rings is 1. The fraction of sp³-hybridized carbons (Fsp3) is 0.588. The second kappa shape index (κ2) is 6.48. The third-order valence-corrected chi connectivity index (χ3v) is 4.52. The Labute approximate surface area is 126 Å². The Balaban J connectivity index is 1.51. The van der Waals surface area contributed by atoms with E-state index in [4.69, 9.17) is 10.5 Å². The van der Waals surface area contributed by atoms with Crippen molar-refractivity contribution in [3.8, 4) is 5.75 Å². The van der Waals surface area contributed by atoms with E-state index in [1.807, 2.05) is 35.2 Å². The molecule has 0 spiro atoms. The SMILES string of the molecule is N[C@H](CC(=O)N1CCC[C@H]1COc1ccccc1)C1CC1. The molecular formula is C17H24N2O2. The second-order valence-corrected chi connectivity index (χ2v) is 6.21. The van der Waals surface area contributed by atoms with Gasteiger partial charge in [0.25, 0.3) is 0 Å². The fourth-order valence-corrected chi connectivity index (χ4v) is 3.06. The van der Waals surface area contributed by atoms with Crippen LogP contribution in [0.5, 0.6) is 5.75 Å². The lowest BCUT2D eigenvalue weighted by molar-refractivity contribution is -0.133. The summed E-state index contributed by atoms with van der Waals surface area (Å²) in [7, 11) is 0. The van der Waals surface area contributed by atoms with Crippen molar-refractivity contribution in [1.29, 1.82) is 0 Å². The molecule has 1 aliphatic carbocycles. The van der Waals surface area contributed by atoms with Gasteiger partial charge in [-0.25, -0.2) is 0 Å². The molecule has 21 heavy (non-hydrogen) atoms. The normalized spacial score (nSPS) is 23.1. The van der Waals surface area contributed by atoms with Crippen LogP contribution >= 0.6 is 0 Å². The summed E-state index contributed by atoms with van der Waals surface area (Å²) in [5.74, 6) is 1.65. The maximum Gasteiger partial charge on any atom is 0.224 e. The predicted octanol–water partition coefficient (Wildman–Crippen LogP) is 2.18. The summed E-state index contributed by atoms with van der Waals surface area (Å²) in [5, 5.41) is 0. The average molecular weight is 288 g/mol. The summed E-state index contributed by atoms with van der Waals surface area (Å²) in [6.07, 6.45) is 4.96. The van der Waals surface area contributed by atoms with Gasteiger partial charge < -0.3 is 15.4 Å². The molecule has 1 amide bonds. The van der Waals surface area contributed by atoms with Gasteiger partial charge in [-0.15, -0.1) is 0 Å². The highest BCUT2D eigenvalue weighted by Gasteiger charge is 2.34. The van der Waals surface area contributed by atoms with Crippen LogP contribution in [-0.2, 0) is 4.79 Å². The first kappa shape index (κ1) is 14.4. The second-order valence-electron chi connectivity index (χ2n) is 6.21. The van der Waals surface area contributed by atoms with Crippen LogP contribution in [0.2, 0.25) is 0 Å². The van der Waals surface area contributed by atoms with E-state index in [0.717, 1.165) is 25.1 Å². The van der Waals surface area contributed by atoms with E-state index in [0.29, 0.717) is 18.9 Å². The zero-order valence-electron chi connectivity index (χ0n) is 12.4. The number of likely N-dealkylation sites (tertiary alicyclic amines) is 1. The van der Waals surface area contributed by atoms with E-state index in [1.165, 1.54) is 12.8 Å². The first-order valence-electron chi connectivity index (χ1n) is 7.97. The van der Waals surface area contributed by atoms with E-state index in [9.17, 15) is 4.79 Å². The molecular weight excluding hydrogens is 264 g/mol. The molecule has 1 aromatic rings. The number of ether oxygens (including phenoxy) is 1. The van der Waals surface area contributed by atoms with Crippen LogP contribution < -0.4 is 10.5 Å². The Bertz CT molecular complexity index is 473. The lowest BCUT2D eigenvalue weighted by Crippen LogP contribution is -2.42. The molecule has 1 saturated heterocycles. The molecule has 0 bridgehead atoms. The predicted molar refractivity (Wildman–Crippen MR) is 82.0 cm³/mol. The molecule has 114 valence electrons. The minimum Gasteiger partial charge on any atom is -0.491 e. The molecule has 2 N–H and O–H groups in total. The van der Waals surface area contributed by atoms with Gasteiger partial charge in [-0.05, 0) is 43.7 Å². The highest BCUT2D eigenvalue weighted by atomic mass is 16.5. The molecule has 4 nitrogen and oxygen atoms in total. The average Bonchev–Trinajstić information content (AvgIpc) is 3.25. The first-order valence-corrected chi connectivity index (χ1v) is 7.97. The van der Waals surface area contributed by atoms with Gasteiger partial charge in [0.2, 0.25) is 5.91 Å². The van der Waals surface area contributed by atoms with Crippen molar-refractivity contribution >= 4 is 5.91 Å². The van der Waals surface area contributed by atoms with Crippen molar-refractivity contribution in [2.24, 2.45) is 11.7 Å². The number of rotatable bonds is 6. The summed E-state index contributed by atoms with van der Waals surface area (Å²) in [5.41, 5.74) is 6.08. The van der Waals surface area contributed by atoms with Gasteiger partial charge in [0.05, 0.1) is 6.04 Å². The van der Waals surface area contributed by atoms with Crippen LogP contribution in [-0.4, -0.2) is 36.0 Å². The van der Waals surface area contributed by atoms with E-state index in [2.05, 4.69) is 0 Å². The van der Waals surface area contributed by atoms with Crippen LogP contribution in [0.15, 0.2) is 30.3 Å². The van der Waals surface area contributed by atoms with Gasteiger partial charge >= 0.3 is 0 Å². The molecule has 2 atom stereocenters. The molecule has 2 fully saturated rings. The standard InChI is InChI=1S/C17H24N2O2/c18-16(13-8-9-13)11-17(20)19-10-4-5-14(19)12-21-15-6-2-1-3-7-15/h1-3,6-7,13-14,16H,4-5,8-12,18H2/t14-,16+/m0/s1. The monoisotopic (exact) mass is 288 g/mol. The smallest absolute Gasteiger partial charge is 0.224 e.